The lowest BCUT2D eigenvalue weighted by molar-refractivity contribution is -0.377. The molecule has 4 atom stereocenters. The Morgan fingerprint density at radius 1 is 0.939 bits per heavy atom. The molecule has 2 fully saturated rings. The van der Waals surface area contributed by atoms with Gasteiger partial charge in [0.05, 0.1) is 43.7 Å². The minimum Gasteiger partial charge on any atom is -0.395 e. The fraction of sp³-hybridized carbons (Fsp3) is 0.519. The summed E-state index contributed by atoms with van der Waals surface area (Å²) in [5.41, 5.74) is 2.31. The molecule has 5 rings (SSSR count). The van der Waals surface area contributed by atoms with E-state index in [-0.39, 0.29) is 17.4 Å². The van der Waals surface area contributed by atoms with Gasteiger partial charge in [0.25, 0.3) is 0 Å². The second-order valence-corrected chi connectivity index (χ2v) is 10.0. The zero-order valence-electron chi connectivity index (χ0n) is 19.7. The van der Waals surface area contributed by atoms with Crippen molar-refractivity contribution in [1.82, 2.24) is 0 Å². The Kier molecular flexibility index (Phi) is 6.04. The molecule has 3 aliphatic rings. The highest BCUT2D eigenvalue weighted by Gasteiger charge is 2.66. The smallest absolute Gasteiger partial charge is 0.163 e. The van der Waals surface area contributed by atoms with Gasteiger partial charge in [-0.25, -0.2) is 0 Å². The first-order chi connectivity index (χ1) is 15.9. The van der Waals surface area contributed by atoms with Crippen molar-refractivity contribution in [1.29, 1.82) is 0 Å². The average Bonchev–Trinajstić information content (AvgIpc) is 3.19. The maximum Gasteiger partial charge on any atom is 0.163 e. The van der Waals surface area contributed by atoms with Gasteiger partial charge >= 0.3 is 0 Å². The van der Waals surface area contributed by atoms with Crippen LogP contribution in [0.3, 0.4) is 0 Å². The standard InChI is InChI=1S/C27H33NO5/c1-25(2)31-17-22-26(3)18-32-28-23(26)14-24(30-16-21-12-8-5-9-13-21)27(22,33-25)19-29-15-20-10-6-4-7-11-20/h4-13,22,24H,14-19H2,1-3H3/t22-,24-,26-,27+/m0/s1. The molecule has 2 heterocycles. The predicted octanol–water partition coefficient (Wildman–Crippen LogP) is 4.72. The van der Waals surface area contributed by atoms with Crippen molar-refractivity contribution in [2.45, 2.75) is 57.9 Å². The summed E-state index contributed by atoms with van der Waals surface area (Å²) in [5, 5.41) is 4.41. The number of rotatable bonds is 7. The number of hydrogen-bond donors (Lipinski definition) is 0. The maximum atomic E-state index is 6.79. The van der Waals surface area contributed by atoms with Crippen molar-refractivity contribution >= 4 is 5.71 Å². The third-order valence-corrected chi connectivity index (χ3v) is 7.25. The fourth-order valence-corrected chi connectivity index (χ4v) is 5.45. The highest BCUT2D eigenvalue weighted by molar-refractivity contribution is 5.92. The molecule has 6 nitrogen and oxygen atoms in total. The van der Waals surface area contributed by atoms with Crippen LogP contribution in [0.1, 0.15) is 38.3 Å². The molecule has 176 valence electrons. The minimum atomic E-state index is -0.745. The Bertz CT molecular complexity index is 979. The molecular weight excluding hydrogens is 418 g/mol. The molecule has 0 unspecified atom stereocenters. The summed E-state index contributed by atoms with van der Waals surface area (Å²) in [6.07, 6.45) is 0.403. The average molecular weight is 452 g/mol. The van der Waals surface area contributed by atoms with Crippen molar-refractivity contribution in [2.24, 2.45) is 16.5 Å². The molecular formula is C27H33NO5. The highest BCUT2D eigenvalue weighted by Crippen LogP contribution is 2.54. The van der Waals surface area contributed by atoms with Crippen LogP contribution in [0.2, 0.25) is 0 Å². The molecule has 0 radical (unpaired) electrons. The van der Waals surface area contributed by atoms with Crippen LogP contribution in [0.15, 0.2) is 65.8 Å². The normalized spacial score (nSPS) is 32.4. The van der Waals surface area contributed by atoms with Crippen molar-refractivity contribution in [3.05, 3.63) is 71.8 Å². The third kappa shape index (κ3) is 4.33. The van der Waals surface area contributed by atoms with Gasteiger partial charge in [0.15, 0.2) is 5.79 Å². The monoisotopic (exact) mass is 451 g/mol. The predicted molar refractivity (Wildman–Crippen MR) is 125 cm³/mol. The van der Waals surface area contributed by atoms with Crippen LogP contribution < -0.4 is 0 Å². The van der Waals surface area contributed by atoms with Crippen LogP contribution in [0.25, 0.3) is 0 Å². The van der Waals surface area contributed by atoms with Gasteiger partial charge in [-0.1, -0.05) is 72.7 Å². The van der Waals surface area contributed by atoms with Gasteiger partial charge in [-0.2, -0.15) is 0 Å². The molecule has 0 N–H and O–H groups in total. The van der Waals surface area contributed by atoms with Crippen molar-refractivity contribution in [3.8, 4) is 0 Å². The van der Waals surface area contributed by atoms with E-state index in [4.69, 9.17) is 23.8 Å². The molecule has 0 bridgehead atoms. The number of oxime groups is 1. The Morgan fingerprint density at radius 3 is 2.30 bits per heavy atom. The Balaban J connectivity index is 1.45. The number of nitrogens with zero attached hydrogens (tertiary/aromatic N) is 1. The van der Waals surface area contributed by atoms with Crippen LogP contribution in [0, 0.1) is 11.3 Å². The number of ether oxygens (including phenoxy) is 4. The lowest BCUT2D eigenvalue weighted by Crippen LogP contribution is -2.71. The summed E-state index contributed by atoms with van der Waals surface area (Å²) in [4.78, 5) is 5.61. The second kappa shape index (κ2) is 8.84. The Labute approximate surface area is 195 Å². The molecule has 1 saturated carbocycles. The fourth-order valence-electron chi connectivity index (χ4n) is 5.45. The Hall–Kier alpha value is -2.25. The Morgan fingerprint density at radius 2 is 1.61 bits per heavy atom. The quantitative estimate of drug-likeness (QED) is 0.610. The van der Waals surface area contributed by atoms with E-state index in [1.807, 2.05) is 50.2 Å². The molecule has 0 spiro atoms. The van der Waals surface area contributed by atoms with Gasteiger partial charge in [-0.15, -0.1) is 0 Å². The lowest BCUT2D eigenvalue weighted by atomic mass is 9.58. The molecule has 6 heteroatoms. The first kappa shape index (κ1) is 22.5. The second-order valence-electron chi connectivity index (χ2n) is 10.0. The summed E-state index contributed by atoms with van der Waals surface area (Å²) < 4.78 is 25.9. The van der Waals surface area contributed by atoms with Crippen LogP contribution in [-0.2, 0) is 37.0 Å². The molecule has 2 aromatic rings. The summed E-state index contributed by atoms with van der Waals surface area (Å²) >= 11 is 0. The molecule has 2 aromatic carbocycles. The van der Waals surface area contributed by atoms with E-state index in [2.05, 4.69) is 36.3 Å². The van der Waals surface area contributed by atoms with Crippen LogP contribution in [0.4, 0.5) is 0 Å². The van der Waals surface area contributed by atoms with E-state index >= 15 is 0 Å². The molecule has 0 aromatic heterocycles. The van der Waals surface area contributed by atoms with Gasteiger partial charge in [0.1, 0.15) is 12.2 Å². The van der Waals surface area contributed by atoms with E-state index in [0.717, 1.165) is 16.8 Å². The van der Waals surface area contributed by atoms with E-state index in [0.29, 0.717) is 39.5 Å². The molecule has 1 aliphatic carbocycles. The first-order valence-electron chi connectivity index (χ1n) is 11.7. The van der Waals surface area contributed by atoms with E-state index in [9.17, 15) is 0 Å². The highest BCUT2D eigenvalue weighted by atomic mass is 16.7. The molecule has 1 saturated heterocycles. The van der Waals surface area contributed by atoms with Crippen molar-refractivity contribution in [2.75, 3.05) is 19.8 Å². The first-order valence-corrected chi connectivity index (χ1v) is 11.7. The van der Waals surface area contributed by atoms with Crippen LogP contribution >= 0.6 is 0 Å². The molecule has 0 amide bonds. The summed E-state index contributed by atoms with van der Waals surface area (Å²) in [5.74, 6) is -0.754. The van der Waals surface area contributed by atoms with Gasteiger partial charge in [0.2, 0.25) is 0 Å². The van der Waals surface area contributed by atoms with Gasteiger partial charge in [-0.05, 0) is 25.0 Å². The van der Waals surface area contributed by atoms with Crippen LogP contribution in [0.5, 0.6) is 0 Å². The maximum absolute atomic E-state index is 6.79. The van der Waals surface area contributed by atoms with Gasteiger partial charge in [0, 0.05) is 12.3 Å². The zero-order valence-corrected chi connectivity index (χ0v) is 19.7. The number of benzene rings is 2. The number of fused-ring (bicyclic) bond motifs is 3. The van der Waals surface area contributed by atoms with Crippen molar-refractivity contribution in [3.63, 3.8) is 0 Å². The van der Waals surface area contributed by atoms with Crippen molar-refractivity contribution < 1.29 is 23.8 Å². The molecule has 2 aliphatic heterocycles. The summed E-state index contributed by atoms with van der Waals surface area (Å²) in [7, 11) is 0. The van der Waals surface area contributed by atoms with E-state index in [1.165, 1.54) is 0 Å². The summed E-state index contributed by atoms with van der Waals surface area (Å²) in [6, 6.07) is 20.4. The van der Waals surface area contributed by atoms with E-state index < -0.39 is 11.4 Å². The lowest BCUT2D eigenvalue weighted by Gasteiger charge is -2.59. The zero-order chi connectivity index (χ0) is 22.9. The third-order valence-electron chi connectivity index (χ3n) is 7.25. The minimum absolute atomic E-state index is 0.00966. The van der Waals surface area contributed by atoms with E-state index in [1.54, 1.807) is 0 Å². The molecule has 33 heavy (non-hydrogen) atoms. The van der Waals surface area contributed by atoms with Crippen LogP contribution in [-0.4, -0.2) is 43.0 Å². The largest absolute Gasteiger partial charge is 0.395 e. The topological polar surface area (TPSA) is 58.5 Å². The number of hydrogen-bond acceptors (Lipinski definition) is 6. The summed E-state index contributed by atoms with van der Waals surface area (Å²) in [6.45, 7) is 8.60. The van der Waals surface area contributed by atoms with Gasteiger partial charge in [-0.3, -0.25) is 0 Å². The SMILES string of the molecule is CC1(C)OC[C@@H]2[C@@](COCc3ccccc3)(O1)[C@@H](OCc1ccccc1)CC1=NOC[C@]12C. The van der Waals surface area contributed by atoms with Gasteiger partial charge < -0.3 is 23.8 Å².